The normalized spacial score (nSPS) is 13.7. The molecule has 0 radical (unpaired) electrons. The summed E-state index contributed by atoms with van der Waals surface area (Å²) in [6.45, 7) is 13.1. The van der Waals surface area contributed by atoms with Crippen LogP contribution in [0, 0.1) is 0 Å². The minimum Gasteiger partial charge on any atom is -0.488 e. The van der Waals surface area contributed by atoms with Crippen molar-refractivity contribution in [1.82, 2.24) is 0 Å². The zero-order chi connectivity index (χ0) is 16.1. The van der Waals surface area contributed by atoms with Crippen LogP contribution in [0.4, 0.5) is 0 Å². The third-order valence-corrected chi connectivity index (χ3v) is 4.14. The fraction of sp³-hybridized carbons (Fsp3) is 0.429. The van der Waals surface area contributed by atoms with Crippen molar-refractivity contribution in [3.63, 3.8) is 0 Å². The molecule has 2 aromatic rings. The summed E-state index contributed by atoms with van der Waals surface area (Å²) in [7, 11) is 0. The van der Waals surface area contributed by atoms with Gasteiger partial charge in [0, 0.05) is 0 Å². The Kier molecular flexibility index (Phi) is 3.36. The van der Waals surface area contributed by atoms with Crippen molar-refractivity contribution in [2.75, 3.05) is 0 Å². The van der Waals surface area contributed by atoms with Gasteiger partial charge in [0.2, 0.25) is 0 Å². The molecule has 116 valence electrons. The molecule has 2 aromatic carbocycles. The van der Waals surface area contributed by atoms with E-state index in [1.807, 2.05) is 0 Å². The van der Waals surface area contributed by atoms with Gasteiger partial charge >= 0.3 is 0 Å². The van der Waals surface area contributed by atoms with Crippen LogP contribution in [0.3, 0.4) is 0 Å². The average molecular weight is 294 g/mol. The van der Waals surface area contributed by atoms with E-state index in [0.29, 0.717) is 0 Å². The third-order valence-electron chi connectivity index (χ3n) is 4.14. The van der Waals surface area contributed by atoms with Crippen LogP contribution < -0.4 is 4.74 Å². The molecule has 0 heterocycles. The second-order valence-electron chi connectivity index (χ2n) is 8.33. The summed E-state index contributed by atoms with van der Waals surface area (Å²) in [6, 6.07) is 13.4. The van der Waals surface area contributed by atoms with Crippen LogP contribution in [0.15, 0.2) is 36.4 Å². The molecule has 0 atom stereocenters. The van der Waals surface area contributed by atoms with E-state index in [9.17, 15) is 0 Å². The molecule has 0 spiro atoms. The van der Waals surface area contributed by atoms with Crippen LogP contribution in [-0.2, 0) is 11.8 Å². The second kappa shape index (κ2) is 4.87. The lowest BCUT2D eigenvalue weighted by molar-refractivity contribution is 0.131. The van der Waals surface area contributed by atoms with Gasteiger partial charge < -0.3 is 4.74 Å². The van der Waals surface area contributed by atoms with Crippen LogP contribution >= 0.6 is 0 Å². The summed E-state index contributed by atoms with van der Waals surface area (Å²) in [5.41, 5.74) is 7.01. The minimum atomic E-state index is -0.154. The highest BCUT2D eigenvalue weighted by Gasteiger charge is 2.23. The summed E-state index contributed by atoms with van der Waals surface area (Å²) in [5.74, 6) is 0.968. The summed E-state index contributed by atoms with van der Waals surface area (Å²) in [4.78, 5) is 0. The van der Waals surface area contributed by atoms with E-state index in [-0.39, 0.29) is 11.0 Å². The van der Waals surface area contributed by atoms with Gasteiger partial charge in [0.1, 0.15) is 11.4 Å². The molecule has 1 nitrogen and oxygen atoms in total. The molecular formula is C21H26O. The van der Waals surface area contributed by atoms with Gasteiger partial charge in [-0.2, -0.15) is 0 Å². The maximum Gasteiger partial charge on any atom is 0.120 e. The summed E-state index contributed by atoms with van der Waals surface area (Å²) in [5, 5.41) is 0. The van der Waals surface area contributed by atoms with E-state index < -0.39 is 0 Å². The number of ether oxygens (including phenoxy) is 1. The molecule has 0 saturated heterocycles. The van der Waals surface area contributed by atoms with Gasteiger partial charge in [-0.1, -0.05) is 45.0 Å². The van der Waals surface area contributed by atoms with Crippen molar-refractivity contribution in [3.8, 4) is 16.9 Å². The van der Waals surface area contributed by atoms with Crippen molar-refractivity contribution >= 4 is 0 Å². The van der Waals surface area contributed by atoms with Crippen molar-refractivity contribution in [2.45, 2.75) is 59.0 Å². The Labute approximate surface area is 134 Å². The topological polar surface area (TPSA) is 9.23 Å². The first-order chi connectivity index (χ1) is 10.1. The SMILES string of the molecule is CC(C)(C)Oc1ccc2c(c1)Cc1cc(C(C)(C)C)ccc1-2. The first kappa shape index (κ1) is 15.1. The quantitative estimate of drug-likeness (QED) is 0.556. The van der Waals surface area contributed by atoms with Crippen LogP contribution in [0.1, 0.15) is 58.2 Å². The van der Waals surface area contributed by atoms with E-state index in [0.717, 1.165) is 12.2 Å². The molecular weight excluding hydrogens is 268 g/mol. The smallest absolute Gasteiger partial charge is 0.120 e. The maximum atomic E-state index is 6.00. The number of benzene rings is 2. The van der Waals surface area contributed by atoms with Gasteiger partial charge in [0.05, 0.1) is 0 Å². The van der Waals surface area contributed by atoms with Gasteiger partial charge in [-0.25, -0.2) is 0 Å². The highest BCUT2D eigenvalue weighted by atomic mass is 16.5. The van der Waals surface area contributed by atoms with Crippen LogP contribution in [-0.4, -0.2) is 5.60 Å². The molecule has 0 bridgehead atoms. The molecule has 0 aliphatic heterocycles. The van der Waals surface area contributed by atoms with E-state index in [1.54, 1.807) is 0 Å². The van der Waals surface area contributed by atoms with E-state index in [2.05, 4.69) is 77.9 Å². The summed E-state index contributed by atoms with van der Waals surface area (Å²) < 4.78 is 6.00. The Bertz CT molecular complexity index is 712. The molecule has 0 saturated carbocycles. The summed E-state index contributed by atoms with van der Waals surface area (Å²) >= 11 is 0. The fourth-order valence-corrected chi connectivity index (χ4v) is 3.07. The van der Waals surface area contributed by atoms with Crippen LogP contribution in [0.5, 0.6) is 5.75 Å². The lowest BCUT2D eigenvalue weighted by Gasteiger charge is -2.21. The van der Waals surface area contributed by atoms with Crippen molar-refractivity contribution in [2.24, 2.45) is 0 Å². The Morgan fingerprint density at radius 2 is 1.36 bits per heavy atom. The number of hydrogen-bond donors (Lipinski definition) is 0. The van der Waals surface area contributed by atoms with Crippen LogP contribution in [0.25, 0.3) is 11.1 Å². The molecule has 3 rings (SSSR count). The molecule has 0 N–H and O–H groups in total. The molecule has 0 aromatic heterocycles. The van der Waals surface area contributed by atoms with Gasteiger partial charge in [-0.3, -0.25) is 0 Å². The van der Waals surface area contributed by atoms with Gasteiger partial charge in [0.15, 0.2) is 0 Å². The van der Waals surface area contributed by atoms with Crippen molar-refractivity contribution in [3.05, 3.63) is 53.1 Å². The molecule has 1 aliphatic rings. The average Bonchev–Trinajstić information content (AvgIpc) is 2.72. The first-order valence-electron chi connectivity index (χ1n) is 8.09. The lowest BCUT2D eigenvalue weighted by Crippen LogP contribution is -2.22. The molecule has 1 heteroatoms. The Morgan fingerprint density at radius 1 is 0.773 bits per heavy atom. The molecule has 0 unspecified atom stereocenters. The van der Waals surface area contributed by atoms with Crippen LogP contribution in [0.2, 0.25) is 0 Å². The lowest BCUT2D eigenvalue weighted by atomic mass is 9.85. The number of fused-ring (bicyclic) bond motifs is 3. The third kappa shape index (κ3) is 2.90. The van der Waals surface area contributed by atoms with Gasteiger partial charge in [0.25, 0.3) is 0 Å². The monoisotopic (exact) mass is 294 g/mol. The zero-order valence-corrected chi connectivity index (χ0v) is 14.6. The Hall–Kier alpha value is -1.76. The molecule has 22 heavy (non-hydrogen) atoms. The Morgan fingerprint density at radius 3 is 1.95 bits per heavy atom. The number of hydrogen-bond acceptors (Lipinski definition) is 1. The predicted octanol–water partition coefficient (Wildman–Crippen LogP) is 5.73. The van der Waals surface area contributed by atoms with E-state index in [1.165, 1.54) is 27.8 Å². The second-order valence-corrected chi connectivity index (χ2v) is 8.33. The minimum absolute atomic E-state index is 0.154. The van der Waals surface area contributed by atoms with E-state index >= 15 is 0 Å². The zero-order valence-electron chi connectivity index (χ0n) is 14.6. The van der Waals surface area contributed by atoms with Crippen molar-refractivity contribution in [1.29, 1.82) is 0 Å². The highest BCUT2D eigenvalue weighted by molar-refractivity contribution is 5.77. The van der Waals surface area contributed by atoms with Gasteiger partial charge in [-0.05, 0) is 72.6 Å². The molecule has 0 amide bonds. The van der Waals surface area contributed by atoms with Gasteiger partial charge in [-0.15, -0.1) is 0 Å². The first-order valence-corrected chi connectivity index (χ1v) is 8.09. The van der Waals surface area contributed by atoms with E-state index in [4.69, 9.17) is 4.74 Å². The number of rotatable bonds is 1. The maximum absolute atomic E-state index is 6.00. The largest absolute Gasteiger partial charge is 0.488 e. The molecule has 1 aliphatic carbocycles. The highest BCUT2D eigenvalue weighted by Crippen LogP contribution is 2.40. The standard InChI is InChI=1S/C21H26O/c1-20(2,3)16-7-9-18-14(12-16)11-15-13-17(8-10-19(15)18)22-21(4,5)6/h7-10,12-13H,11H2,1-6H3. The predicted molar refractivity (Wildman–Crippen MR) is 93.8 cm³/mol. The molecule has 0 fully saturated rings. The van der Waals surface area contributed by atoms with Crippen molar-refractivity contribution < 1.29 is 4.74 Å². The fourth-order valence-electron chi connectivity index (χ4n) is 3.07. The summed E-state index contributed by atoms with van der Waals surface area (Å²) in [6.07, 6.45) is 1.01. The Balaban J connectivity index is 1.96.